The molecule has 0 bridgehead atoms. The zero-order valence-corrected chi connectivity index (χ0v) is 9.10. The summed E-state index contributed by atoms with van der Waals surface area (Å²) in [6.45, 7) is 1.22. The lowest BCUT2D eigenvalue weighted by atomic mass is 9.99. The lowest BCUT2D eigenvalue weighted by Crippen LogP contribution is -2.44. The Morgan fingerprint density at radius 3 is 2.81 bits per heavy atom. The molecule has 0 aromatic heterocycles. The van der Waals surface area contributed by atoms with Crippen LogP contribution in [0.25, 0.3) is 0 Å². The molecule has 1 heterocycles. The fraction of sp³-hybridized carbons (Fsp3) is 0.417. The van der Waals surface area contributed by atoms with Gasteiger partial charge in [0.25, 0.3) is 5.91 Å². The first-order valence-electron chi connectivity index (χ1n) is 5.46. The standard InChI is InChI=1S/C12H16N2O2/c13-7-11(15)12(16)14-6-5-9-3-1-2-4-10(9)8-14/h1-4,11,15H,5-8,13H2. The molecule has 0 saturated heterocycles. The van der Waals surface area contributed by atoms with Crippen LogP contribution in [0.4, 0.5) is 0 Å². The van der Waals surface area contributed by atoms with Crippen molar-refractivity contribution in [2.75, 3.05) is 13.1 Å². The molecule has 0 aliphatic carbocycles. The lowest BCUT2D eigenvalue weighted by Gasteiger charge is -2.30. The first-order chi connectivity index (χ1) is 7.72. The number of carbonyl (C=O) groups excluding carboxylic acids is 1. The molecular weight excluding hydrogens is 204 g/mol. The van der Waals surface area contributed by atoms with Gasteiger partial charge >= 0.3 is 0 Å². The molecule has 1 atom stereocenters. The molecule has 2 rings (SSSR count). The first-order valence-corrected chi connectivity index (χ1v) is 5.46. The average Bonchev–Trinajstić information content (AvgIpc) is 2.36. The Labute approximate surface area is 94.7 Å². The second-order valence-electron chi connectivity index (χ2n) is 4.03. The van der Waals surface area contributed by atoms with Crippen molar-refractivity contribution < 1.29 is 9.90 Å². The number of hydrogen-bond donors (Lipinski definition) is 2. The summed E-state index contributed by atoms with van der Waals surface area (Å²) in [5.74, 6) is -0.267. The fourth-order valence-corrected chi connectivity index (χ4v) is 2.00. The molecule has 1 aliphatic heterocycles. The van der Waals surface area contributed by atoms with E-state index in [1.165, 1.54) is 5.56 Å². The summed E-state index contributed by atoms with van der Waals surface area (Å²) in [6.07, 6.45) is -0.218. The van der Waals surface area contributed by atoms with Gasteiger partial charge in [-0.15, -0.1) is 0 Å². The van der Waals surface area contributed by atoms with Gasteiger partial charge in [-0.25, -0.2) is 0 Å². The average molecular weight is 220 g/mol. The molecule has 1 aromatic carbocycles. The molecule has 4 nitrogen and oxygen atoms in total. The third-order valence-electron chi connectivity index (χ3n) is 2.95. The minimum absolute atomic E-state index is 0.0169. The number of aliphatic hydroxyl groups excluding tert-OH is 1. The minimum atomic E-state index is -1.06. The van der Waals surface area contributed by atoms with Crippen molar-refractivity contribution in [1.82, 2.24) is 4.90 Å². The normalized spacial score (nSPS) is 16.8. The highest BCUT2D eigenvalue weighted by atomic mass is 16.3. The largest absolute Gasteiger partial charge is 0.382 e. The SMILES string of the molecule is NCC(O)C(=O)N1CCc2ccccc2C1. The number of benzene rings is 1. The van der Waals surface area contributed by atoms with Gasteiger partial charge in [0.2, 0.25) is 0 Å². The molecule has 16 heavy (non-hydrogen) atoms. The van der Waals surface area contributed by atoms with Gasteiger partial charge in [-0.1, -0.05) is 24.3 Å². The molecule has 1 aliphatic rings. The van der Waals surface area contributed by atoms with Gasteiger partial charge in [-0.2, -0.15) is 0 Å². The van der Waals surface area contributed by atoms with Crippen LogP contribution in [0.5, 0.6) is 0 Å². The number of nitrogens with two attached hydrogens (primary N) is 1. The summed E-state index contributed by atoms with van der Waals surface area (Å²) in [6, 6.07) is 8.07. The summed E-state index contributed by atoms with van der Waals surface area (Å²) in [4.78, 5) is 13.4. The van der Waals surface area contributed by atoms with Gasteiger partial charge in [0.15, 0.2) is 0 Å². The number of amides is 1. The van der Waals surface area contributed by atoms with E-state index in [4.69, 9.17) is 5.73 Å². The zero-order valence-electron chi connectivity index (χ0n) is 9.10. The second kappa shape index (κ2) is 4.63. The molecule has 1 aromatic rings. The molecule has 1 unspecified atom stereocenters. The van der Waals surface area contributed by atoms with Crippen LogP contribution in [0.1, 0.15) is 11.1 Å². The Hall–Kier alpha value is -1.39. The van der Waals surface area contributed by atoms with Gasteiger partial charge in [-0.3, -0.25) is 4.79 Å². The van der Waals surface area contributed by atoms with Crippen molar-refractivity contribution in [3.05, 3.63) is 35.4 Å². The maximum absolute atomic E-state index is 11.7. The predicted molar refractivity (Wildman–Crippen MR) is 60.6 cm³/mol. The molecule has 0 spiro atoms. The maximum Gasteiger partial charge on any atom is 0.253 e. The van der Waals surface area contributed by atoms with Crippen LogP contribution in [0.2, 0.25) is 0 Å². The summed E-state index contributed by atoms with van der Waals surface area (Å²) < 4.78 is 0. The minimum Gasteiger partial charge on any atom is -0.382 e. The Kier molecular flexibility index (Phi) is 3.22. The Morgan fingerprint density at radius 1 is 1.44 bits per heavy atom. The van der Waals surface area contributed by atoms with Crippen molar-refractivity contribution in [3.8, 4) is 0 Å². The van der Waals surface area contributed by atoms with Crippen molar-refractivity contribution in [3.63, 3.8) is 0 Å². The third kappa shape index (κ3) is 2.08. The third-order valence-corrected chi connectivity index (χ3v) is 2.95. The molecule has 86 valence electrons. The van der Waals surface area contributed by atoms with E-state index in [-0.39, 0.29) is 12.5 Å². The quantitative estimate of drug-likeness (QED) is 0.731. The molecule has 3 N–H and O–H groups in total. The zero-order chi connectivity index (χ0) is 11.5. The topological polar surface area (TPSA) is 66.6 Å². The predicted octanol–water partition coefficient (Wildman–Crippen LogP) is -0.109. The maximum atomic E-state index is 11.7. The molecule has 0 saturated carbocycles. The summed E-state index contributed by atoms with van der Waals surface area (Å²) in [5, 5.41) is 9.41. The summed E-state index contributed by atoms with van der Waals surface area (Å²) in [7, 11) is 0. The van der Waals surface area contributed by atoms with Gasteiger partial charge in [0.05, 0.1) is 0 Å². The highest BCUT2D eigenvalue weighted by Gasteiger charge is 2.24. The first kappa shape index (κ1) is 11.1. The van der Waals surface area contributed by atoms with Gasteiger partial charge < -0.3 is 15.7 Å². The summed E-state index contributed by atoms with van der Waals surface area (Å²) >= 11 is 0. The van der Waals surface area contributed by atoms with Crippen LogP contribution in [0.15, 0.2) is 24.3 Å². The van der Waals surface area contributed by atoms with Crippen molar-refractivity contribution in [2.45, 2.75) is 19.1 Å². The molecule has 0 radical (unpaired) electrons. The number of nitrogens with zero attached hydrogens (tertiary/aromatic N) is 1. The highest BCUT2D eigenvalue weighted by Crippen LogP contribution is 2.18. The van der Waals surface area contributed by atoms with Crippen LogP contribution in [-0.2, 0) is 17.8 Å². The Bertz CT molecular complexity index is 392. The van der Waals surface area contributed by atoms with E-state index in [1.807, 2.05) is 18.2 Å². The van der Waals surface area contributed by atoms with Gasteiger partial charge in [0.1, 0.15) is 6.10 Å². The Balaban J connectivity index is 2.11. The summed E-state index contributed by atoms with van der Waals surface area (Å²) in [5.41, 5.74) is 7.72. The number of carbonyl (C=O) groups is 1. The van der Waals surface area contributed by atoms with Crippen LogP contribution >= 0.6 is 0 Å². The smallest absolute Gasteiger partial charge is 0.253 e. The van der Waals surface area contributed by atoms with E-state index in [0.717, 1.165) is 12.0 Å². The lowest BCUT2D eigenvalue weighted by molar-refractivity contribution is -0.140. The van der Waals surface area contributed by atoms with E-state index >= 15 is 0 Å². The molecule has 0 fully saturated rings. The van der Waals surface area contributed by atoms with Crippen molar-refractivity contribution in [2.24, 2.45) is 5.73 Å². The fourth-order valence-electron chi connectivity index (χ4n) is 2.00. The highest BCUT2D eigenvalue weighted by molar-refractivity contribution is 5.81. The molecule has 4 heteroatoms. The van der Waals surface area contributed by atoms with Gasteiger partial charge in [0, 0.05) is 19.6 Å². The van der Waals surface area contributed by atoms with Crippen LogP contribution in [0.3, 0.4) is 0 Å². The van der Waals surface area contributed by atoms with Crippen LogP contribution < -0.4 is 5.73 Å². The van der Waals surface area contributed by atoms with Crippen LogP contribution in [0, 0.1) is 0 Å². The van der Waals surface area contributed by atoms with Crippen molar-refractivity contribution >= 4 is 5.91 Å². The van der Waals surface area contributed by atoms with E-state index in [2.05, 4.69) is 6.07 Å². The molecule has 1 amide bonds. The van der Waals surface area contributed by atoms with E-state index in [1.54, 1.807) is 4.90 Å². The van der Waals surface area contributed by atoms with E-state index in [0.29, 0.717) is 13.1 Å². The second-order valence-corrected chi connectivity index (χ2v) is 4.03. The number of hydrogen-bond acceptors (Lipinski definition) is 3. The van der Waals surface area contributed by atoms with E-state index < -0.39 is 6.10 Å². The van der Waals surface area contributed by atoms with Crippen molar-refractivity contribution in [1.29, 1.82) is 0 Å². The van der Waals surface area contributed by atoms with Gasteiger partial charge in [-0.05, 0) is 17.5 Å². The van der Waals surface area contributed by atoms with Crippen LogP contribution in [-0.4, -0.2) is 35.1 Å². The van der Waals surface area contributed by atoms with E-state index in [9.17, 15) is 9.90 Å². The number of fused-ring (bicyclic) bond motifs is 1. The Morgan fingerprint density at radius 2 is 2.12 bits per heavy atom. The monoisotopic (exact) mass is 220 g/mol. The molecular formula is C12H16N2O2. The number of rotatable bonds is 2. The number of aliphatic hydroxyl groups is 1.